The van der Waals surface area contributed by atoms with Crippen molar-refractivity contribution in [3.8, 4) is 23.4 Å². The number of carbonyl (C=O) groups excluding carboxylic acids is 2. The van der Waals surface area contributed by atoms with Crippen LogP contribution >= 0.6 is 11.6 Å². The van der Waals surface area contributed by atoms with Gasteiger partial charge in [-0.15, -0.1) is 10.2 Å². The van der Waals surface area contributed by atoms with E-state index in [1.807, 2.05) is 19.0 Å². The second-order valence-electron chi connectivity index (χ2n) is 25.6. The lowest BCUT2D eigenvalue weighted by molar-refractivity contribution is 0.0972. The first-order valence-corrected chi connectivity index (χ1v) is 32.7. The summed E-state index contributed by atoms with van der Waals surface area (Å²) in [7, 11) is -4.49. The Morgan fingerprint density at radius 1 is 0.835 bits per heavy atom. The van der Waals surface area contributed by atoms with Gasteiger partial charge in [-0.1, -0.05) is 25.4 Å². The van der Waals surface area contributed by atoms with E-state index in [2.05, 4.69) is 91.3 Å². The number of hydrogen-bond donors (Lipinski definition) is 3. The van der Waals surface area contributed by atoms with Crippen molar-refractivity contribution in [1.29, 1.82) is 0 Å². The standard InChI is InChI=1S/C30H40ClN7O4S.C30H39N7O4S/c1-29(2)18-21(19-33-29)6-5-15-37(4)24-9-7-22(20-32-24)43(40,41)36-28(39)23-8-10-25(34-27(23)31)38-16-11-26(35-38)42-17-14-30(3)12-13-30;1-29(2)18-21-6-5-15-35(4)22-7-10-26(31-19-22)42(39,40)34-28(38)23-8-9-24(32-27(23)36(29)20-21)37-16-11-25(33-37)41-17-14-30(3)12-13-30/h7-11,16,20-21,33H,5-6,12-15,17-19H2,1-4H3,(H,36,39);7-11,16,19,21H,5-6,12-15,17-18,20H2,1-4H3,(H,34,38). The third-order valence-electron chi connectivity index (χ3n) is 17.3. The Bertz CT molecular complexity index is 3610. The van der Waals surface area contributed by atoms with Crippen LogP contribution in [0.2, 0.25) is 5.15 Å². The van der Waals surface area contributed by atoms with Crippen molar-refractivity contribution in [2.24, 2.45) is 22.7 Å². The highest BCUT2D eigenvalue weighted by Crippen LogP contribution is 2.49. The average Bonchev–Trinajstić information content (AvgIpc) is 3.38. The lowest BCUT2D eigenvalue weighted by Gasteiger charge is -2.34. The maximum atomic E-state index is 13.6. The van der Waals surface area contributed by atoms with Gasteiger partial charge in [0.25, 0.3) is 31.9 Å². The highest BCUT2D eigenvalue weighted by atomic mass is 35.5. The minimum Gasteiger partial charge on any atom is -0.477 e. The number of fused-ring (bicyclic) bond motifs is 7. The van der Waals surface area contributed by atoms with Gasteiger partial charge in [0.2, 0.25) is 11.8 Å². The topological polar surface area (TPSA) is 254 Å². The molecule has 10 heterocycles. The molecule has 2 aliphatic carbocycles. The number of carbonyl (C=O) groups is 2. The smallest absolute Gasteiger partial charge is 0.281 e. The van der Waals surface area contributed by atoms with E-state index in [1.54, 1.807) is 53.5 Å². The molecule has 456 valence electrons. The van der Waals surface area contributed by atoms with Crippen LogP contribution in [0.3, 0.4) is 0 Å². The van der Waals surface area contributed by atoms with Crippen molar-refractivity contribution in [2.45, 2.75) is 140 Å². The molecule has 6 aromatic rings. The van der Waals surface area contributed by atoms with Gasteiger partial charge >= 0.3 is 0 Å². The van der Waals surface area contributed by atoms with Crippen molar-refractivity contribution in [2.75, 3.05) is 68.2 Å². The third-order valence-corrected chi connectivity index (χ3v) is 20.2. The van der Waals surface area contributed by atoms with Crippen LogP contribution in [0.25, 0.3) is 11.6 Å². The lowest BCUT2D eigenvalue weighted by atomic mass is 9.93. The SMILES string of the molecule is CN(CCCC1CNC(C)(C)C1)c1ccc(S(=O)(=O)NC(=O)c2ccc(-n3ccc(OCCC4(C)CC4)n3)nc2Cl)cn1.CN1CCCC2CN(c3nc(-n4ccc(OCCC5(C)CC5)n4)ccc3C(=O)NS(=O)(=O)c3ccc1cn3)C(C)(C)C2. The van der Waals surface area contributed by atoms with Crippen molar-refractivity contribution in [1.82, 2.24) is 54.3 Å². The summed E-state index contributed by atoms with van der Waals surface area (Å²) in [5, 5.41) is 12.1. The number of sulfonamides is 2. The first kappa shape index (κ1) is 61.2. The molecule has 12 rings (SSSR count). The molecule has 0 spiro atoms. The molecular formula is C60H79ClN14O8S2. The zero-order chi connectivity index (χ0) is 60.5. The summed E-state index contributed by atoms with van der Waals surface area (Å²) >= 11 is 6.29. The molecule has 4 bridgehead atoms. The third kappa shape index (κ3) is 15.2. The Kier molecular flexibility index (Phi) is 17.6. The van der Waals surface area contributed by atoms with Crippen LogP contribution in [0.1, 0.15) is 139 Å². The Labute approximate surface area is 503 Å². The van der Waals surface area contributed by atoms with Crippen LogP contribution in [0.4, 0.5) is 17.3 Å². The first-order valence-electron chi connectivity index (χ1n) is 29.3. The number of anilines is 3. The Balaban J connectivity index is 0.000000189. The predicted octanol–water partition coefficient (Wildman–Crippen LogP) is 8.79. The average molecular weight is 1220 g/mol. The van der Waals surface area contributed by atoms with Gasteiger partial charge in [0.05, 0.1) is 36.2 Å². The molecule has 2 unspecified atom stereocenters. The molecule has 2 amide bonds. The van der Waals surface area contributed by atoms with Gasteiger partial charge in [-0.3, -0.25) is 9.59 Å². The van der Waals surface area contributed by atoms with Crippen LogP contribution in [-0.2, 0) is 20.0 Å². The fourth-order valence-corrected chi connectivity index (χ4v) is 13.4. The van der Waals surface area contributed by atoms with E-state index < -0.39 is 31.9 Å². The zero-order valence-corrected chi connectivity index (χ0v) is 52.2. The van der Waals surface area contributed by atoms with Crippen LogP contribution in [0.5, 0.6) is 11.8 Å². The largest absolute Gasteiger partial charge is 0.477 e. The van der Waals surface area contributed by atoms with Crippen molar-refractivity contribution >= 4 is 60.8 Å². The molecule has 25 heteroatoms. The predicted molar refractivity (Wildman–Crippen MR) is 325 cm³/mol. The van der Waals surface area contributed by atoms with Gasteiger partial charge in [-0.25, -0.2) is 47.2 Å². The van der Waals surface area contributed by atoms with Gasteiger partial charge in [-0.05, 0) is 182 Å². The molecule has 85 heavy (non-hydrogen) atoms. The summed E-state index contributed by atoms with van der Waals surface area (Å²) in [6.45, 7) is 17.8. The molecule has 6 aliphatic rings. The van der Waals surface area contributed by atoms with Gasteiger partial charge in [0.15, 0.2) is 16.7 Å². The summed E-state index contributed by atoms with van der Waals surface area (Å²) in [6.07, 6.45) is 19.4. The van der Waals surface area contributed by atoms with Crippen LogP contribution < -0.4 is 38.9 Å². The highest BCUT2D eigenvalue weighted by molar-refractivity contribution is 7.90. The number of nitrogens with zero attached hydrogens (tertiary/aromatic N) is 11. The number of rotatable bonds is 18. The summed E-state index contributed by atoms with van der Waals surface area (Å²) in [5.74, 6) is 2.35. The molecule has 3 N–H and O–H groups in total. The van der Waals surface area contributed by atoms with Crippen molar-refractivity contribution in [3.63, 3.8) is 0 Å². The molecule has 4 fully saturated rings. The van der Waals surface area contributed by atoms with E-state index in [-0.39, 0.29) is 37.3 Å². The van der Waals surface area contributed by atoms with E-state index in [1.165, 1.54) is 73.4 Å². The van der Waals surface area contributed by atoms with Crippen molar-refractivity contribution in [3.05, 3.63) is 102 Å². The Hall–Kier alpha value is -6.89. The molecule has 6 aromatic heterocycles. The lowest BCUT2D eigenvalue weighted by Crippen LogP contribution is -2.41. The Morgan fingerprint density at radius 3 is 2.08 bits per heavy atom. The van der Waals surface area contributed by atoms with E-state index in [0.717, 1.165) is 70.3 Å². The van der Waals surface area contributed by atoms with E-state index in [9.17, 15) is 26.4 Å². The van der Waals surface area contributed by atoms with Crippen LogP contribution in [-0.4, -0.2) is 133 Å². The molecular weight excluding hydrogens is 1140 g/mol. The van der Waals surface area contributed by atoms with Gasteiger partial charge < -0.3 is 29.5 Å². The maximum Gasteiger partial charge on any atom is 0.281 e. The molecule has 2 saturated heterocycles. The molecule has 22 nitrogen and oxygen atoms in total. The maximum absolute atomic E-state index is 13.6. The molecule has 4 aliphatic heterocycles. The highest BCUT2D eigenvalue weighted by Gasteiger charge is 2.42. The van der Waals surface area contributed by atoms with Gasteiger partial charge in [-0.2, -0.15) is 8.42 Å². The number of halogens is 1. The van der Waals surface area contributed by atoms with Crippen LogP contribution in [0, 0.1) is 22.7 Å². The van der Waals surface area contributed by atoms with Crippen molar-refractivity contribution < 1.29 is 35.9 Å². The fourth-order valence-electron chi connectivity index (χ4n) is 11.3. The summed E-state index contributed by atoms with van der Waals surface area (Å²) in [6, 6.07) is 16.0. The van der Waals surface area contributed by atoms with E-state index in [4.69, 9.17) is 26.1 Å². The number of ether oxygens (including phenoxy) is 2. The first-order chi connectivity index (χ1) is 40.2. The normalized spacial score (nSPS) is 20.6. The minimum absolute atomic E-state index is 0.0829. The summed E-state index contributed by atoms with van der Waals surface area (Å²) in [5.41, 5.74) is 1.62. The second kappa shape index (κ2) is 24.5. The monoisotopic (exact) mass is 1220 g/mol. The molecule has 0 radical (unpaired) electrons. The van der Waals surface area contributed by atoms with E-state index in [0.29, 0.717) is 77.5 Å². The minimum atomic E-state index is -4.21. The second-order valence-corrected chi connectivity index (χ2v) is 29.3. The Morgan fingerprint density at radius 2 is 1.49 bits per heavy atom. The number of pyridine rings is 4. The van der Waals surface area contributed by atoms with Gasteiger partial charge in [0.1, 0.15) is 21.7 Å². The van der Waals surface area contributed by atoms with E-state index >= 15 is 0 Å². The summed E-state index contributed by atoms with van der Waals surface area (Å²) < 4.78 is 71.2. The molecule has 2 saturated carbocycles. The zero-order valence-electron chi connectivity index (χ0n) is 49.8. The number of hydrogen-bond acceptors (Lipinski definition) is 18. The number of nitrogens with one attached hydrogen (secondary N) is 3. The summed E-state index contributed by atoms with van der Waals surface area (Å²) in [4.78, 5) is 50.1. The fraction of sp³-hybridized carbons (Fsp3) is 0.533. The number of amides is 2. The quantitative estimate of drug-likeness (QED) is 0.0680. The van der Waals surface area contributed by atoms with Crippen LogP contribution in [0.15, 0.2) is 95.4 Å². The molecule has 2 atom stereocenters. The molecule has 0 aromatic carbocycles. The number of aromatic nitrogens is 8. The van der Waals surface area contributed by atoms with Gasteiger partial charge in [0, 0.05) is 75.5 Å².